The maximum Gasteiger partial charge on any atom is 0.249 e. The summed E-state index contributed by atoms with van der Waals surface area (Å²) >= 11 is 16.0. The number of rotatable bonds is 3. The van der Waals surface area contributed by atoms with E-state index in [1.807, 2.05) is 48.5 Å². The number of thiazole rings is 1. The van der Waals surface area contributed by atoms with Gasteiger partial charge in [-0.3, -0.25) is 19.3 Å². The first-order valence-electron chi connectivity index (χ1n) is 10.5. The summed E-state index contributed by atoms with van der Waals surface area (Å²) in [5.74, 6) is -3.33. The molecule has 1 fully saturated rings. The first-order chi connectivity index (χ1) is 15.8. The van der Waals surface area contributed by atoms with E-state index in [9.17, 15) is 14.4 Å². The van der Waals surface area contributed by atoms with Crippen LogP contribution in [0.5, 0.6) is 0 Å². The minimum atomic E-state index is -1.26. The molecule has 4 aliphatic rings. The Kier molecular flexibility index (Phi) is 4.35. The molecule has 3 aromatic rings. The molecule has 3 amide bonds. The van der Waals surface area contributed by atoms with Gasteiger partial charge in [0.15, 0.2) is 5.13 Å². The van der Waals surface area contributed by atoms with Crippen LogP contribution in [0.4, 0.5) is 5.13 Å². The Labute approximate surface area is 203 Å². The van der Waals surface area contributed by atoms with Crippen molar-refractivity contribution in [2.45, 2.75) is 22.7 Å². The zero-order valence-electron chi connectivity index (χ0n) is 17.3. The fourth-order valence-electron chi connectivity index (χ4n) is 5.68. The van der Waals surface area contributed by atoms with Crippen LogP contribution in [0.25, 0.3) is 0 Å². The highest BCUT2D eigenvalue weighted by molar-refractivity contribution is 7.13. The number of likely N-dealkylation sites (tertiary alicyclic amines) is 1. The van der Waals surface area contributed by atoms with Crippen LogP contribution in [-0.4, -0.2) is 33.6 Å². The lowest BCUT2D eigenvalue weighted by Crippen LogP contribution is -2.57. The summed E-state index contributed by atoms with van der Waals surface area (Å²) in [6.07, 6.45) is 1.56. The average molecular weight is 498 g/mol. The van der Waals surface area contributed by atoms with Crippen LogP contribution in [0.2, 0.25) is 0 Å². The minimum Gasteiger partial charge on any atom is -0.300 e. The number of aromatic nitrogens is 1. The summed E-state index contributed by atoms with van der Waals surface area (Å²) in [4.78, 5) is 43.1. The first-order valence-corrected chi connectivity index (χ1v) is 12.1. The Balaban J connectivity index is 1.50. The number of hydrogen-bond donors (Lipinski definition) is 1. The smallest absolute Gasteiger partial charge is 0.249 e. The second-order valence-electron chi connectivity index (χ2n) is 8.52. The summed E-state index contributed by atoms with van der Waals surface area (Å²) in [6.45, 7) is 1.53. The number of halogens is 2. The summed E-state index contributed by atoms with van der Waals surface area (Å²) in [5, 5.41) is 4.79. The number of alkyl halides is 2. The van der Waals surface area contributed by atoms with Crippen molar-refractivity contribution in [2.75, 3.05) is 5.32 Å². The van der Waals surface area contributed by atoms with Crippen molar-refractivity contribution < 1.29 is 14.4 Å². The largest absolute Gasteiger partial charge is 0.300 e. The molecule has 0 radical (unpaired) electrons. The summed E-state index contributed by atoms with van der Waals surface area (Å²) in [7, 11) is 0. The van der Waals surface area contributed by atoms with Gasteiger partial charge in [-0.05, 0) is 29.2 Å². The van der Waals surface area contributed by atoms with E-state index in [-0.39, 0.29) is 0 Å². The fraction of sp³-hybridized carbons (Fsp3) is 0.250. The van der Waals surface area contributed by atoms with Crippen LogP contribution < -0.4 is 5.32 Å². The van der Waals surface area contributed by atoms with Gasteiger partial charge in [-0.15, -0.1) is 34.5 Å². The number of imide groups is 1. The molecule has 1 aliphatic heterocycles. The van der Waals surface area contributed by atoms with Crippen LogP contribution in [0.3, 0.4) is 0 Å². The Morgan fingerprint density at radius 1 is 0.970 bits per heavy atom. The number of nitrogens with one attached hydrogen (secondary N) is 1. The lowest BCUT2D eigenvalue weighted by atomic mass is 9.54. The number of carbonyl (C=O) groups excluding carboxylic acids is 3. The molecule has 0 spiro atoms. The molecule has 166 valence electrons. The van der Waals surface area contributed by atoms with Crippen LogP contribution in [0.1, 0.15) is 29.2 Å². The highest BCUT2D eigenvalue weighted by atomic mass is 35.5. The van der Waals surface area contributed by atoms with Crippen molar-refractivity contribution in [1.82, 2.24) is 9.88 Å². The van der Waals surface area contributed by atoms with Crippen molar-refractivity contribution in [3.05, 3.63) is 82.4 Å². The first kappa shape index (κ1) is 20.8. The fourth-order valence-corrected chi connectivity index (χ4v) is 7.31. The predicted octanol–water partition coefficient (Wildman–Crippen LogP) is 4.06. The van der Waals surface area contributed by atoms with Crippen LogP contribution in [0.15, 0.2) is 60.1 Å². The molecule has 1 aromatic heterocycles. The van der Waals surface area contributed by atoms with Gasteiger partial charge >= 0.3 is 0 Å². The van der Waals surface area contributed by atoms with Crippen molar-refractivity contribution in [2.24, 2.45) is 11.8 Å². The number of benzene rings is 2. The van der Waals surface area contributed by atoms with Crippen LogP contribution in [0, 0.1) is 11.8 Å². The Morgan fingerprint density at radius 3 is 1.82 bits per heavy atom. The number of nitrogens with zero attached hydrogens (tertiary/aromatic N) is 2. The lowest BCUT2D eigenvalue weighted by Gasteiger charge is -2.54. The molecule has 2 heterocycles. The third-order valence-corrected chi connectivity index (χ3v) is 9.02. The van der Waals surface area contributed by atoms with Gasteiger partial charge in [0.05, 0.1) is 11.8 Å². The molecular weight excluding hydrogens is 481 g/mol. The van der Waals surface area contributed by atoms with Gasteiger partial charge < -0.3 is 5.32 Å². The van der Waals surface area contributed by atoms with Gasteiger partial charge in [0.2, 0.25) is 17.7 Å². The van der Waals surface area contributed by atoms with Gasteiger partial charge in [-0.1, -0.05) is 48.5 Å². The molecule has 0 unspecified atom stereocenters. The summed E-state index contributed by atoms with van der Waals surface area (Å²) < 4.78 is 0. The van der Waals surface area contributed by atoms with E-state index in [1.54, 1.807) is 11.6 Å². The zero-order chi connectivity index (χ0) is 23.1. The van der Waals surface area contributed by atoms with E-state index in [2.05, 4.69) is 10.3 Å². The van der Waals surface area contributed by atoms with Gasteiger partial charge in [0.25, 0.3) is 0 Å². The number of hydrogen-bond acceptors (Lipinski definition) is 5. The number of carbonyl (C=O) groups is 3. The number of anilines is 1. The van der Waals surface area contributed by atoms with Crippen molar-refractivity contribution in [3.63, 3.8) is 0 Å². The van der Waals surface area contributed by atoms with Crippen molar-refractivity contribution >= 4 is 57.4 Å². The molecule has 1 N–H and O–H groups in total. The monoisotopic (exact) mass is 497 g/mol. The van der Waals surface area contributed by atoms with E-state index in [0.29, 0.717) is 5.13 Å². The van der Waals surface area contributed by atoms with E-state index in [4.69, 9.17) is 23.2 Å². The van der Waals surface area contributed by atoms with Gasteiger partial charge in [0, 0.05) is 11.6 Å². The molecular formula is C24H17Cl2N3O3S. The van der Waals surface area contributed by atoms with Crippen molar-refractivity contribution in [3.8, 4) is 0 Å². The molecule has 33 heavy (non-hydrogen) atoms. The predicted molar refractivity (Wildman–Crippen MR) is 125 cm³/mol. The second kappa shape index (κ2) is 6.88. The topological polar surface area (TPSA) is 79.4 Å². The van der Waals surface area contributed by atoms with Crippen molar-refractivity contribution in [1.29, 1.82) is 0 Å². The Morgan fingerprint density at radius 2 is 1.42 bits per heavy atom. The molecule has 2 aromatic carbocycles. The summed E-state index contributed by atoms with van der Waals surface area (Å²) in [6, 6.07) is 13.8. The molecule has 2 bridgehead atoms. The van der Waals surface area contributed by atoms with Gasteiger partial charge in [0.1, 0.15) is 15.8 Å². The minimum absolute atomic E-state index is 0.394. The SMILES string of the molecule is C[C@@H](C(=O)Nc1nccs1)N1C(=O)[C@@H]2[C@H](C1=O)C1(Cl)c3ccccc3C2(Cl)c2ccccc21. The molecule has 9 heteroatoms. The van der Waals surface area contributed by atoms with Gasteiger partial charge in [-0.2, -0.15) is 0 Å². The molecule has 6 nitrogen and oxygen atoms in total. The molecule has 1 saturated heterocycles. The van der Waals surface area contributed by atoms with Gasteiger partial charge in [-0.25, -0.2) is 4.98 Å². The van der Waals surface area contributed by atoms with E-state index < -0.39 is 45.3 Å². The van der Waals surface area contributed by atoms with Crippen LogP contribution in [-0.2, 0) is 24.1 Å². The van der Waals surface area contributed by atoms with Crippen LogP contribution >= 0.6 is 34.5 Å². The van der Waals surface area contributed by atoms with E-state index in [0.717, 1.165) is 27.2 Å². The Bertz CT molecular complexity index is 1220. The average Bonchev–Trinajstić information content (AvgIpc) is 3.42. The quantitative estimate of drug-likeness (QED) is 0.437. The highest BCUT2D eigenvalue weighted by Crippen LogP contribution is 2.69. The van der Waals surface area contributed by atoms with E-state index >= 15 is 0 Å². The number of amides is 3. The second-order valence-corrected chi connectivity index (χ2v) is 10.6. The molecule has 0 saturated carbocycles. The third-order valence-electron chi connectivity index (χ3n) is 7.05. The maximum absolute atomic E-state index is 13.8. The zero-order valence-corrected chi connectivity index (χ0v) is 19.6. The normalized spacial score (nSPS) is 30.0. The molecule has 7 rings (SSSR count). The third kappa shape index (κ3) is 2.45. The van der Waals surface area contributed by atoms with E-state index in [1.165, 1.54) is 18.3 Å². The lowest BCUT2D eigenvalue weighted by molar-refractivity contribution is -0.146. The maximum atomic E-state index is 13.8. The molecule has 3 atom stereocenters. The molecule has 3 aliphatic carbocycles. The standard InChI is InChI=1S/C24H17Cl2N3O3S/c1-12(19(30)28-22-27-10-11-33-22)29-20(31)17-18(21(29)32)24(26)14-7-3-2-6-13(14)23(17,25)15-8-4-5-9-16(15)24/h2-12,17-18H,1H3,(H,27,28,30)/t12-,17-,18+,23?,24?/m0/s1. The summed E-state index contributed by atoms with van der Waals surface area (Å²) in [5.41, 5.74) is 2.91. The Hall–Kier alpha value is -2.74. The highest BCUT2D eigenvalue weighted by Gasteiger charge is 2.73.